The second-order valence-electron chi connectivity index (χ2n) is 3.01. The van der Waals surface area contributed by atoms with Crippen molar-refractivity contribution in [2.24, 2.45) is 0 Å². The predicted molar refractivity (Wildman–Crippen MR) is 31.5 cm³/mol. The molecule has 0 aliphatic rings. The van der Waals surface area contributed by atoms with Crippen molar-refractivity contribution in [2.45, 2.75) is 36.8 Å². The number of hydrogen-bond acceptors (Lipinski definition) is 0. The zero-order chi connectivity index (χ0) is 14.3. The quantitative estimate of drug-likeness (QED) is 0.669. The lowest BCUT2D eigenvalue weighted by atomic mass is 9.97. The average Bonchev–Trinajstić information content (AvgIpc) is 1.97. The summed E-state index contributed by atoms with van der Waals surface area (Å²) < 4.78 is 129. The van der Waals surface area contributed by atoms with Crippen LogP contribution in [0.4, 0.5) is 48.3 Å². The van der Waals surface area contributed by atoms with E-state index in [-0.39, 0.29) is 0 Å². The Bertz CT molecular complexity index is 241. The van der Waals surface area contributed by atoms with Gasteiger partial charge in [0.25, 0.3) is 0 Å². The van der Waals surface area contributed by atoms with Crippen molar-refractivity contribution >= 4 is 0 Å². The van der Waals surface area contributed by atoms with Gasteiger partial charge in [-0.15, -0.1) is 0 Å². The van der Waals surface area contributed by atoms with Crippen LogP contribution in [0.15, 0.2) is 0 Å². The maximum atomic E-state index is 12.6. The van der Waals surface area contributed by atoms with Crippen molar-refractivity contribution in [3.8, 4) is 0 Å². The Labute approximate surface area is 86.4 Å². The van der Waals surface area contributed by atoms with Crippen molar-refractivity contribution in [3.05, 3.63) is 0 Å². The van der Waals surface area contributed by atoms with Crippen LogP contribution in [0.25, 0.3) is 0 Å². The van der Waals surface area contributed by atoms with Gasteiger partial charge < -0.3 is 0 Å². The van der Waals surface area contributed by atoms with Gasteiger partial charge in [0.05, 0.1) is 0 Å². The second kappa shape index (κ2) is 4.16. The van der Waals surface area contributed by atoms with E-state index in [0.29, 0.717) is 0 Å². The first-order valence-electron chi connectivity index (χ1n) is 3.66. The van der Waals surface area contributed by atoms with Crippen molar-refractivity contribution in [3.63, 3.8) is 0 Å². The lowest BCUT2D eigenvalue weighted by molar-refractivity contribution is -0.352. The van der Waals surface area contributed by atoms with Crippen LogP contribution in [-0.4, -0.2) is 30.4 Å². The molecule has 0 saturated heterocycles. The fourth-order valence-corrected chi connectivity index (χ4v) is 0.755. The summed E-state index contributed by atoms with van der Waals surface area (Å²) in [7, 11) is 0. The number of alkyl halides is 11. The number of halogens is 11. The third-order valence-electron chi connectivity index (χ3n) is 1.71. The van der Waals surface area contributed by atoms with E-state index in [4.69, 9.17) is 0 Å². The summed E-state index contributed by atoms with van der Waals surface area (Å²) in [5, 5.41) is 0. The zero-order valence-corrected chi connectivity index (χ0v) is 7.44. The van der Waals surface area contributed by atoms with E-state index >= 15 is 0 Å². The molecule has 0 nitrogen and oxygen atoms in total. The van der Waals surface area contributed by atoms with E-state index in [0.717, 1.165) is 0 Å². The molecule has 0 aliphatic heterocycles. The van der Waals surface area contributed by atoms with Crippen LogP contribution in [0.5, 0.6) is 0 Å². The fraction of sp³-hybridized carbons (Fsp3) is 1.00. The van der Waals surface area contributed by atoms with Crippen LogP contribution < -0.4 is 0 Å². The van der Waals surface area contributed by atoms with Gasteiger partial charge in [0.15, 0.2) is 6.17 Å². The summed E-state index contributed by atoms with van der Waals surface area (Å²) in [5.74, 6) is 0. The third-order valence-corrected chi connectivity index (χ3v) is 1.71. The Balaban J connectivity index is 5.27. The SMILES string of the molecule is FC(CC(F)(C(F)(F)F)C(F)(F)F)C(F)(F)F. The highest BCUT2D eigenvalue weighted by Crippen LogP contribution is 2.50. The van der Waals surface area contributed by atoms with Crippen LogP contribution in [-0.2, 0) is 0 Å². The van der Waals surface area contributed by atoms with Gasteiger partial charge in [-0.25, -0.2) is 8.78 Å². The van der Waals surface area contributed by atoms with Gasteiger partial charge in [-0.05, 0) is 0 Å². The minimum Gasteiger partial charge on any atom is -0.237 e. The molecule has 0 radical (unpaired) electrons. The topological polar surface area (TPSA) is 0 Å². The first-order valence-corrected chi connectivity index (χ1v) is 3.66. The summed E-state index contributed by atoms with van der Waals surface area (Å²) in [4.78, 5) is 0. The zero-order valence-electron chi connectivity index (χ0n) is 7.44. The average molecular weight is 284 g/mol. The molecule has 0 fully saturated rings. The lowest BCUT2D eigenvalue weighted by Crippen LogP contribution is -2.55. The molecule has 0 spiro atoms. The molecule has 0 aliphatic carbocycles. The third kappa shape index (κ3) is 3.35. The van der Waals surface area contributed by atoms with Gasteiger partial charge >= 0.3 is 24.2 Å². The van der Waals surface area contributed by atoms with Gasteiger partial charge in [-0.2, -0.15) is 39.5 Å². The standard InChI is InChI=1S/C6H3F11/c7-2(4(9,10)11)1-3(8,5(12,13)14)6(15,16)17/h2H,1H2. The molecule has 0 saturated carbocycles. The molecular formula is C6H3F11. The minimum absolute atomic E-state index is 3.41. The maximum Gasteiger partial charge on any atom is 0.431 e. The summed E-state index contributed by atoms with van der Waals surface area (Å²) in [6.45, 7) is 0. The van der Waals surface area contributed by atoms with Crippen molar-refractivity contribution in [2.75, 3.05) is 0 Å². The smallest absolute Gasteiger partial charge is 0.237 e. The number of rotatable bonds is 2. The normalized spacial score (nSPS) is 17.1. The monoisotopic (exact) mass is 284 g/mol. The molecule has 0 heterocycles. The molecule has 11 heteroatoms. The highest BCUT2D eigenvalue weighted by Gasteiger charge is 2.74. The Morgan fingerprint density at radius 2 is 0.941 bits per heavy atom. The van der Waals surface area contributed by atoms with Crippen molar-refractivity contribution in [1.29, 1.82) is 0 Å². The summed E-state index contributed by atoms with van der Waals surface area (Å²) in [6.07, 6.45) is -27.4. The first kappa shape index (κ1) is 16.2. The number of hydrogen-bond donors (Lipinski definition) is 0. The van der Waals surface area contributed by atoms with Gasteiger partial charge in [0.1, 0.15) is 0 Å². The molecule has 0 amide bonds. The lowest BCUT2D eigenvalue weighted by Gasteiger charge is -2.31. The van der Waals surface area contributed by atoms with Crippen LogP contribution >= 0.6 is 0 Å². The molecule has 1 atom stereocenters. The van der Waals surface area contributed by atoms with Crippen LogP contribution in [0.1, 0.15) is 6.42 Å². The molecule has 0 N–H and O–H groups in total. The molecule has 104 valence electrons. The van der Waals surface area contributed by atoms with Crippen molar-refractivity contribution in [1.82, 2.24) is 0 Å². The Kier molecular flexibility index (Phi) is 3.97. The molecule has 0 bridgehead atoms. The van der Waals surface area contributed by atoms with Crippen LogP contribution in [0.2, 0.25) is 0 Å². The highest BCUT2D eigenvalue weighted by molar-refractivity contribution is 4.97. The highest BCUT2D eigenvalue weighted by atomic mass is 19.4. The predicted octanol–water partition coefficient (Wildman–Crippen LogP) is 4.11. The van der Waals surface area contributed by atoms with Crippen molar-refractivity contribution < 1.29 is 48.3 Å². The molecule has 0 aromatic rings. The van der Waals surface area contributed by atoms with Gasteiger partial charge in [0.2, 0.25) is 0 Å². The fourth-order valence-electron chi connectivity index (χ4n) is 0.755. The first-order chi connectivity index (χ1) is 7.13. The molecule has 0 aromatic carbocycles. The summed E-state index contributed by atoms with van der Waals surface area (Å²) >= 11 is 0. The van der Waals surface area contributed by atoms with E-state index in [1.54, 1.807) is 0 Å². The molecule has 17 heavy (non-hydrogen) atoms. The molecule has 0 aromatic heterocycles. The van der Waals surface area contributed by atoms with Crippen LogP contribution in [0.3, 0.4) is 0 Å². The van der Waals surface area contributed by atoms with E-state index in [9.17, 15) is 48.3 Å². The molecule has 0 rings (SSSR count). The van der Waals surface area contributed by atoms with Gasteiger partial charge in [0, 0.05) is 6.42 Å². The van der Waals surface area contributed by atoms with E-state index in [1.807, 2.05) is 0 Å². The van der Waals surface area contributed by atoms with Gasteiger partial charge in [-0.3, -0.25) is 0 Å². The minimum atomic E-state index is -6.69. The summed E-state index contributed by atoms with van der Waals surface area (Å²) in [6, 6.07) is 0. The molecule has 1 unspecified atom stereocenters. The second-order valence-corrected chi connectivity index (χ2v) is 3.01. The maximum absolute atomic E-state index is 12.6. The van der Waals surface area contributed by atoms with E-state index in [2.05, 4.69) is 0 Å². The van der Waals surface area contributed by atoms with E-state index in [1.165, 1.54) is 0 Å². The Morgan fingerprint density at radius 1 is 0.647 bits per heavy atom. The Morgan fingerprint density at radius 3 is 1.12 bits per heavy atom. The Hall–Kier alpha value is -0.770. The van der Waals surface area contributed by atoms with Gasteiger partial charge in [-0.1, -0.05) is 0 Å². The van der Waals surface area contributed by atoms with E-state index < -0.39 is 36.8 Å². The summed E-state index contributed by atoms with van der Waals surface area (Å²) in [5.41, 5.74) is -6.24. The molecular weight excluding hydrogens is 281 g/mol. The largest absolute Gasteiger partial charge is 0.431 e. The van der Waals surface area contributed by atoms with Crippen LogP contribution in [0, 0.1) is 0 Å².